The Morgan fingerprint density at radius 3 is 2.90 bits per heavy atom. The molecule has 0 radical (unpaired) electrons. The van der Waals surface area contributed by atoms with Crippen molar-refractivity contribution in [3.05, 3.63) is 64.7 Å². The Kier molecular flexibility index (Phi) is 4.65. The van der Waals surface area contributed by atoms with E-state index in [1.165, 1.54) is 18.3 Å². The molecule has 2 rings (SSSR count). The molecule has 0 saturated carbocycles. The van der Waals surface area contributed by atoms with Gasteiger partial charge >= 0.3 is 0 Å². The number of rotatable bonds is 4. The minimum absolute atomic E-state index is 0.0273. The van der Waals surface area contributed by atoms with Crippen molar-refractivity contribution in [2.75, 3.05) is 6.54 Å². The van der Waals surface area contributed by atoms with Crippen LogP contribution in [0.4, 0.5) is 4.39 Å². The monoisotopic (exact) mass is 294 g/mol. The summed E-state index contributed by atoms with van der Waals surface area (Å²) in [4.78, 5) is 15.7. The van der Waals surface area contributed by atoms with Crippen molar-refractivity contribution in [3.63, 3.8) is 0 Å². The van der Waals surface area contributed by atoms with Crippen LogP contribution < -0.4 is 5.32 Å². The van der Waals surface area contributed by atoms with Crippen molar-refractivity contribution in [2.24, 2.45) is 0 Å². The summed E-state index contributed by atoms with van der Waals surface area (Å²) in [5.74, 6) is -1.02. The van der Waals surface area contributed by atoms with Gasteiger partial charge in [0.1, 0.15) is 5.82 Å². The predicted octanol–water partition coefficient (Wildman–Crippen LogP) is 2.34. The van der Waals surface area contributed by atoms with Crippen LogP contribution in [-0.4, -0.2) is 22.5 Å². The molecule has 6 heteroatoms. The molecule has 104 valence electrons. The second-order valence-electron chi connectivity index (χ2n) is 4.14. The molecule has 2 aromatic rings. The van der Waals surface area contributed by atoms with E-state index >= 15 is 0 Å². The molecule has 0 aliphatic heterocycles. The van der Waals surface area contributed by atoms with Gasteiger partial charge in [-0.05, 0) is 24.3 Å². The maximum absolute atomic E-state index is 13.0. The van der Waals surface area contributed by atoms with Crippen LogP contribution >= 0.6 is 11.6 Å². The Morgan fingerprint density at radius 1 is 1.45 bits per heavy atom. The second kappa shape index (κ2) is 6.45. The number of carbonyl (C=O) groups excluding carboxylic acids is 1. The Morgan fingerprint density at radius 2 is 2.25 bits per heavy atom. The molecule has 1 aromatic heterocycles. The SMILES string of the molecule is O=C(NCC(O)c1cccnc1)c1ccc(F)c(Cl)c1. The highest BCUT2D eigenvalue weighted by atomic mass is 35.5. The smallest absolute Gasteiger partial charge is 0.251 e. The van der Waals surface area contributed by atoms with E-state index in [1.54, 1.807) is 18.3 Å². The number of amides is 1. The van der Waals surface area contributed by atoms with Gasteiger partial charge in [-0.15, -0.1) is 0 Å². The number of halogens is 2. The highest BCUT2D eigenvalue weighted by Crippen LogP contribution is 2.16. The molecule has 0 aliphatic carbocycles. The standard InChI is InChI=1S/C14H12ClFN2O2/c15-11-6-9(3-4-12(11)16)14(20)18-8-13(19)10-2-1-5-17-7-10/h1-7,13,19H,8H2,(H,18,20). The Hall–Kier alpha value is -1.98. The highest BCUT2D eigenvalue weighted by molar-refractivity contribution is 6.31. The molecule has 1 unspecified atom stereocenters. The lowest BCUT2D eigenvalue weighted by molar-refractivity contribution is 0.0916. The third kappa shape index (κ3) is 3.53. The van der Waals surface area contributed by atoms with Gasteiger partial charge in [0.05, 0.1) is 11.1 Å². The molecule has 0 aliphatic rings. The lowest BCUT2D eigenvalue weighted by Crippen LogP contribution is -2.28. The molecule has 1 aromatic carbocycles. The summed E-state index contributed by atoms with van der Waals surface area (Å²) in [6, 6.07) is 7.09. The van der Waals surface area contributed by atoms with Gasteiger partial charge in [0.2, 0.25) is 0 Å². The molecule has 4 nitrogen and oxygen atoms in total. The summed E-state index contributed by atoms with van der Waals surface area (Å²) < 4.78 is 13.0. The Bertz CT molecular complexity index is 607. The van der Waals surface area contributed by atoms with E-state index in [9.17, 15) is 14.3 Å². The van der Waals surface area contributed by atoms with E-state index < -0.39 is 17.8 Å². The van der Waals surface area contributed by atoms with Gasteiger partial charge in [0.25, 0.3) is 5.91 Å². The molecule has 0 bridgehead atoms. The van der Waals surface area contributed by atoms with E-state index in [0.717, 1.165) is 6.07 Å². The summed E-state index contributed by atoms with van der Waals surface area (Å²) in [6.07, 6.45) is 2.25. The molecule has 2 N–H and O–H groups in total. The van der Waals surface area contributed by atoms with Crippen LogP contribution in [0.15, 0.2) is 42.7 Å². The highest BCUT2D eigenvalue weighted by Gasteiger charge is 2.12. The van der Waals surface area contributed by atoms with Gasteiger partial charge in [-0.1, -0.05) is 17.7 Å². The first-order valence-electron chi connectivity index (χ1n) is 5.89. The number of nitrogens with one attached hydrogen (secondary N) is 1. The number of hydrogen-bond donors (Lipinski definition) is 2. The largest absolute Gasteiger partial charge is 0.387 e. The number of aliphatic hydroxyl groups is 1. The molecule has 0 spiro atoms. The summed E-state index contributed by atoms with van der Waals surface area (Å²) >= 11 is 5.60. The number of benzene rings is 1. The third-order valence-corrected chi connectivity index (χ3v) is 3.00. The van der Waals surface area contributed by atoms with E-state index in [2.05, 4.69) is 10.3 Å². The first kappa shape index (κ1) is 14.4. The minimum Gasteiger partial charge on any atom is -0.387 e. The van der Waals surface area contributed by atoms with Crippen molar-refractivity contribution < 1.29 is 14.3 Å². The van der Waals surface area contributed by atoms with Crippen LogP contribution in [0, 0.1) is 5.82 Å². The molecular formula is C14H12ClFN2O2. The fourth-order valence-electron chi connectivity index (χ4n) is 1.62. The quantitative estimate of drug-likeness (QED) is 0.910. The maximum Gasteiger partial charge on any atom is 0.251 e. The van der Waals surface area contributed by atoms with Gasteiger partial charge in [0, 0.05) is 30.1 Å². The predicted molar refractivity (Wildman–Crippen MR) is 72.9 cm³/mol. The van der Waals surface area contributed by atoms with Gasteiger partial charge in [-0.3, -0.25) is 9.78 Å². The minimum atomic E-state index is -0.858. The van der Waals surface area contributed by atoms with Crippen LogP contribution in [0.25, 0.3) is 0 Å². The Labute approximate surface area is 120 Å². The molecule has 1 atom stereocenters. The summed E-state index contributed by atoms with van der Waals surface area (Å²) in [7, 11) is 0. The van der Waals surface area contributed by atoms with Crippen molar-refractivity contribution in [1.82, 2.24) is 10.3 Å². The second-order valence-corrected chi connectivity index (χ2v) is 4.55. The zero-order valence-electron chi connectivity index (χ0n) is 10.4. The van der Waals surface area contributed by atoms with E-state index in [4.69, 9.17) is 11.6 Å². The Balaban J connectivity index is 1.97. The summed E-state index contributed by atoms with van der Waals surface area (Å²) in [5, 5.41) is 12.3. The topological polar surface area (TPSA) is 62.2 Å². The average molecular weight is 295 g/mol. The fraction of sp³-hybridized carbons (Fsp3) is 0.143. The number of nitrogens with zero attached hydrogens (tertiary/aromatic N) is 1. The van der Waals surface area contributed by atoms with Crippen LogP contribution in [-0.2, 0) is 0 Å². The molecule has 1 amide bonds. The summed E-state index contributed by atoms with van der Waals surface area (Å²) in [5.41, 5.74) is 0.833. The zero-order chi connectivity index (χ0) is 14.5. The van der Waals surface area contributed by atoms with Gasteiger partial charge < -0.3 is 10.4 Å². The van der Waals surface area contributed by atoms with Crippen molar-refractivity contribution in [2.45, 2.75) is 6.10 Å². The lowest BCUT2D eigenvalue weighted by Gasteiger charge is -2.12. The fourth-order valence-corrected chi connectivity index (χ4v) is 1.80. The molecule has 20 heavy (non-hydrogen) atoms. The molecule has 1 heterocycles. The number of carbonyl (C=O) groups is 1. The van der Waals surface area contributed by atoms with Crippen LogP contribution in [0.5, 0.6) is 0 Å². The van der Waals surface area contributed by atoms with E-state index in [0.29, 0.717) is 5.56 Å². The molecule has 0 fully saturated rings. The number of aromatic nitrogens is 1. The maximum atomic E-state index is 13.0. The van der Waals surface area contributed by atoms with Gasteiger partial charge in [-0.2, -0.15) is 0 Å². The third-order valence-electron chi connectivity index (χ3n) is 2.71. The van der Waals surface area contributed by atoms with Gasteiger partial charge in [0.15, 0.2) is 0 Å². The first-order valence-corrected chi connectivity index (χ1v) is 6.27. The average Bonchev–Trinajstić information content (AvgIpc) is 2.48. The van der Waals surface area contributed by atoms with Crippen LogP contribution in [0.2, 0.25) is 5.02 Å². The normalized spacial score (nSPS) is 11.9. The number of pyridine rings is 1. The van der Waals surface area contributed by atoms with Gasteiger partial charge in [-0.25, -0.2) is 4.39 Å². The number of hydrogen-bond acceptors (Lipinski definition) is 3. The summed E-state index contributed by atoms with van der Waals surface area (Å²) in [6.45, 7) is 0.0273. The van der Waals surface area contributed by atoms with Crippen LogP contribution in [0.1, 0.15) is 22.0 Å². The zero-order valence-corrected chi connectivity index (χ0v) is 11.1. The molecule has 0 saturated heterocycles. The first-order chi connectivity index (χ1) is 9.58. The van der Waals surface area contributed by atoms with Crippen molar-refractivity contribution in [3.8, 4) is 0 Å². The van der Waals surface area contributed by atoms with E-state index in [-0.39, 0.29) is 17.1 Å². The lowest BCUT2D eigenvalue weighted by atomic mass is 10.1. The van der Waals surface area contributed by atoms with Crippen LogP contribution in [0.3, 0.4) is 0 Å². The van der Waals surface area contributed by atoms with Crippen molar-refractivity contribution in [1.29, 1.82) is 0 Å². The van der Waals surface area contributed by atoms with Crippen molar-refractivity contribution >= 4 is 17.5 Å². The molecular weight excluding hydrogens is 283 g/mol. The number of aliphatic hydroxyl groups excluding tert-OH is 1. The van der Waals surface area contributed by atoms with E-state index in [1.807, 2.05) is 0 Å².